The Bertz CT molecular complexity index is 1660. The smallest absolute Gasteiger partial charge is 0.316 e. The Balaban J connectivity index is 0.000000244. The molecule has 4 aromatic carbocycles. The van der Waals surface area contributed by atoms with Gasteiger partial charge >= 0.3 is 5.97 Å². The molecule has 0 spiro atoms. The van der Waals surface area contributed by atoms with E-state index in [0.717, 1.165) is 67.8 Å². The van der Waals surface area contributed by atoms with Gasteiger partial charge in [-0.1, -0.05) is 115 Å². The highest BCUT2D eigenvalue weighted by molar-refractivity contribution is 6.30. The molecule has 8 heteroatoms. The predicted octanol–water partition coefficient (Wildman–Crippen LogP) is 7.30. The van der Waals surface area contributed by atoms with Crippen molar-refractivity contribution in [3.8, 4) is 0 Å². The van der Waals surface area contributed by atoms with Crippen LogP contribution in [-0.4, -0.2) is 92.2 Å². The molecule has 2 saturated heterocycles. The summed E-state index contributed by atoms with van der Waals surface area (Å²) in [6.45, 7) is 6.50. The third-order valence-electron chi connectivity index (χ3n) is 11.0. The van der Waals surface area contributed by atoms with Crippen LogP contribution in [0.4, 0.5) is 0 Å². The lowest BCUT2D eigenvalue weighted by molar-refractivity contribution is -0.152. The van der Waals surface area contributed by atoms with E-state index in [1.807, 2.05) is 112 Å². The molecule has 4 aromatic rings. The first kappa shape index (κ1) is 39.2. The van der Waals surface area contributed by atoms with Crippen LogP contribution < -0.4 is 0 Å². The highest BCUT2D eigenvalue weighted by Crippen LogP contribution is 2.40. The molecule has 1 amide bonds. The number of ether oxygens (including phenoxy) is 1. The molecule has 0 saturated carbocycles. The second kappa shape index (κ2) is 17.7. The van der Waals surface area contributed by atoms with Gasteiger partial charge in [-0.15, -0.1) is 0 Å². The van der Waals surface area contributed by atoms with Crippen LogP contribution in [0.1, 0.15) is 61.3 Å². The van der Waals surface area contributed by atoms with Gasteiger partial charge in [0.05, 0.1) is 17.6 Å². The number of halogens is 1. The largest absolute Gasteiger partial charge is 0.465 e. The highest BCUT2D eigenvalue weighted by Gasteiger charge is 2.45. The van der Waals surface area contributed by atoms with E-state index in [2.05, 4.69) is 41.1 Å². The Hall–Kier alpha value is -4.01. The normalized spacial score (nSPS) is 17.3. The number of carbonyl (C=O) groups excluding carboxylic acids is 2. The second-order valence-electron chi connectivity index (χ2n) is 14.4. The first-order valence-corrected chi connectivity index (χ1v) is 18.9. The minimum absolute atomic E-state index is 0.0655. The van der Waals surface area contributed by atoms with E-state index < -0.39 is 16.4 Å². The topological polar surface area (TPSA) is 73.3 Å². The number of hydrogen-bond acceptors (Lipinski definition) is 6. The Morgan fingerprint density at radius 3 is 1.73 bits per heavy atom. The van der Waals surface area contributed by atoms with Crippen molar-refractivity contribution in [3.63, 3.8) is 0 Å². The molecule has 0 radical (unpaired) electrons. The molecule has 0 atom stereocenters. The monoisotopic (exact) mass is 723 g/mol. The van der Waals surface area contributed by atoms with Crippen molar-refractivity contribution < 1.29 is 19.4 Å². The first-order valence-electron chi connectivity index (χ1n) is 18.5. The number of piperidine rings is 2. The van der Waals surface area contributed by atoms with Crippen LogP contribution in [0.5, 0.6) is 0 Å². The molecule has 276 valence electrons. The maximum absolute atomic E-state index is 13.8. The Kier molecular flexibility index (Phi) is 13.3. The number of likely N-dealkylation sites (tertiary alicyclic amines) is 2. The number of benzene rings is 4. The fourth-order valence-corrected chi connectivity index (χ4v) is 7.92. The molecule has 2 fully saturated rings. The molecular formula is C44H54ClN3O4. The standard InChI is InChI=1S/C29H33ClN2O2.C15H21NO2/c1-31(2)27(33)29(24-9-5-3-6-10-24,25-11-7-4-8-12-25)19-22-32-20-17-28(34,18-21-32)23-13-15-26(30)16-14-23;1-3-18-14(17)15(9-11-16(2)12-10-15)13-7-5-4-6-8-13/h3-16,34H,17-22H2,1-2H3;4-8H,3,9-12H2,1-2H3. The van der Waals surface area contributed by atoms with Crippen molar-refractivity contribution >= 4 is 23.5 Å². The quantitative estimate of drug-likeness (QED) is 0.173. The number of likely N-dealkylation sites (N-methyl/N-ethyl adjacent to an activating group) is 1. The van der Waals surface area contributed by atoms with Crippen LogP contribution in [0, 0.1) is 0 Å². The predicted molar refractivity (Wildman–Crippen MR) is 209 cm³/mol. The van der Waals surface area contributed by atoms with Gasteiger partial charge < -0.3 is 24.5 Å². The summed E-state index contributed by atoms with van der Waals surface area (Å²) in [7, 11) is 5.76. The Morgan fingerprint density at radius 2 is 1.25 bits per heavy atom. The molecular weight excluding hydrogens is 670 g/mol. The second-order valence-corrected chi connectivity index (χ2v) is 14.9. The van der Waals surface area contributed by atoms with Gasteiger partial charge in [-0.25, -0.2) is 0 Å². The average Bonchev–Trinajstić information content (AvgIpc) is 3.18. The van der Waals surface area contributed by atoms with Gasteiger partial charge in [0, 0.05) is 32.2 Å². The summed E-state index contributed by atoms with van der Waals surface area (Å²) in [6, 6.07) is 37.8. The molecule has 7 nitrogen and oxygen atoms in total. The van der Waals surface area contributed by atoms with Crippen molar-refractivity contribution in [3.05, 3.63) is 143 Å². The van der Waals surface area contributed by atoms with E-state index in [0.29, 0.717) is 30.9 Å². The average molecular weight is 724 g/mol. The van der Waals surface area contributed by atoms with Gasteiger partial charge in [-0.05, 0) is 100 Å². The van der Waals surface area contributed by atoms with Gasteiger partial charge in [-0.2, -0.15) is 0 Å². The van der Waals surface area contributed by atoms with Crippen molar-refractivity contribution in [2.24, 2.45) is 0 Å². The van der Waals surface area contributed by atoms with Gasteiger partial charge in [0.25, 0.3) is 0 Å². The molecule has 0 aliphatic carbocycles. The number of carbonyl (C=O) groups is 2. The van der Waals surface area contributed by atoms with E-state index in [4.69, 9.17) is 16.3 Å². The molecule has 2 aliphatic rings. The van der Waals surface area contributed by atoms with Gasteiger partial charge in [-0.3, -0.25) is 9.59 Å². The van der Waals surface area contributed by atoms with Crippen LogP contribution in [0.15, 0.2) is 115 Å². The molecule has 1 N–H and O–H groups in total. The molecule has 2 aliphatic heterocycles. The lowest BCUT2D eigenvalue weighted by Crippen LogP contribution is -2.48. The number of aliphatic hydroxyl groups is 1. The van der Waals surface area contributed by atoms with E-state index in [1.165, 1.54) is 0 Å². The molecule has 2 heterocycles. The molecule has 0 aromatic heterocycles. The van der Waals surface area contributed by atoms with Gasteiger partial charge in [0.2, 0.25) is 5.91 Å². The SMILES string of the molecule is CCOC(=O)C1(c2ccccc2)CCN(C)CC1.CN(C)C(=O)C(CCN1CCC(O)(c2ccc(Cl)cc2)CC1)(c1ccccc1)c1ccccc1. The van der Waals surface area contributed by atoms with Crippen molar-refractivity contribution in [1.29, 1.82) is 0 Å². The van der Waals surface area contributed by atoms with Crippen LogP contribution in [0.3, 0.4) is 0 Å². The third kappa shape index (κ3) is 8.78. The van der Waals surface area contributed by atoms with Gasteiger partial charge in [0.15, 0.2) is 0 Å². The minimum atomic E-state index is -0.837. The zero-order chi connectivity index (χ0) is 37.2. The lowest BCUT2D eigenvalue weighted by atomic mass is 9.70. The summed E-state index contributed by atoms with van der Waals surface area (Å²) in [4.78, 5) is 32.5. The van der Waals surface area contributed by atoms with Crippen LogP contribution in [0.2, 0.25) is 5.02 Å². The Labute approximate surface area is 315 Å². The third-order valence-corrected chi connectivity index (χ3v) is 11.3. The minimum Gasteiger partial charge on any atom is -0.465 e. The summed E-state index contributed by atoms with van der Waals surface area (Å²) >= 11 is 6.03. The maximum atomic E-state index is 13.8. The summed E-state index contributed by atoms with van der Waals surface area (Å²) in [5.41, 5.74) is 1.99. The zero-order valence-electron chi connectivity index (χ0n) is 31.1. The molecule has 0 bridgehead atoms. The van der Waals surface area contributed by atoms with Crippen LogP contribution >= 0.6 is 11.6 Å². The fraction of sp³-hybridized carbons (Fsp3) is 0.409. The highest BCUT2D eigenvalue weighted by atomic mass is 35.5. The van der Waals surface area contributed by atoms with Crippen molar-refractivity contribution in [1.82, 2.24) is 14.7 Å². The lowest BCUT2D eigenvalue weighted by Gasteiger charge is -2.41. The van der Waals surface area contributed by atoms with E-state index in [-0.39, 0.29) is 11.9 Å². The summed E-state index contributed by atoms with van der Waals surface area (Å²) < 4.78 is 5.32. The number of esters is 1. The number of hydrogen-bond donors (Lipinski definition) is 1. The zero-order valence-corrected chi connectivity index (χ0v) is 31.9. The van der Waals surface area contributed by atoms with Crippen LogP contribution in [-0.2, 0) is 30.8 Å². The number of rotatable bonds is 10. The molecule has 52 heavy (non-hydrogen) atoms. The molecule has 0 unspecified atom stereocenters. The first-order chi connectivity index (χ1) is 25.0. The Morgan fingerprint density at radius 1 is 0.750 bits per heavy atom. The number of amides is 1. The fourth-order valence-electron chi connectivity index (χ4n) is 7.79. The molecule has 6 rings (SSSR count). The summed E-state index contributed by atoms with van der Waals surface area (Å²) in [5, 5.41) is 11.9. The summed E-state index contributed by atoms with van der Waals surface area (Å²) in [5.74, 6) is 0.0175. The van der Waals surface area contributed by atoms with Crippen molar-refractivity contribution in [2.75, 3.05) is 60.5 Å². The van der Waals surface area contributed by atoms with E-state index in [9.17, 15) is 14.7 Å². The van der Waals surface area contributed by atoms with Crippen LogP contribution in [0.25, 0.3) is 0 Å². The number of nitrogens with zero attached hydrogens (tertiary/aromatic N) is 3. The van der Waals surface area contributed by atoms with E-state index >= 15 is 0 Å². The van der Waals surface area contributed by atoms with E-state index in [1.54, 1.807) is 4.90 Å². The van der Waals surface area contributed by atoms with Gasteiger partial charge in [0.1, 0.15) is 5.41 Å². The van der Waals surface area contributed by atoms with Crippen molar-refractivity contribution in [2.45, 2.75) is 55.5 Å². The maximum Gasteiger partial charge on any atom is 0.316 e. The summed E-state index contributed by atoms with van der Waals surface area (Å²) in [6.07, 6.45) is 3.65.